The van der Waals surface area contributed by atoms with Crippen LogP contribution in [-0.2, 0) is 4.79 Å². The highest BCUT2D eigenvalue weighted by Gasteiger charge is 2.21. The van der Waals surface area contributed by atoms with Crippen LogP contribution >= 0.6 is 0 Å². The van der Waals surface area contributed by atoms with Crippen LogP contribution in [0.1, 0.15) is 49.0 Å². The highest BCUT2D eigenvalue weighted by atomic mass is 16.2. The van der Waals surface area contributed by atoms with Gasteiger partial charge in [-0.2, -0.15) is 0 Å². The van der Waals surface area contributed by atoms with Gasteiger partial charge in [-0.05, 0) is 49.4 Å². The van der Waals surface area contributed by atoms with E-state index in [1.54, 1.807) is 4.90 Å². The first kappa shape index (κ1) is 23.6. The molecule has 1 saturated heterocycles. The summed E-state index contributed by atoms with van der Waals surface area (Å²) in [5.41, 5.74) is 2.40. The van der Waals surface area contributed by atoms with Crippen molar-refractivity contribution in [1.29, 1.82) is 0 Å². The molecule has 0 N–H and O–H groups in total. The predicted molar refractivity (Wildman–Crippen MR) is 130 cm³/mol. The van der Waals surface area contributed by atoms with E-state index in [0.717, 1.165) is 56.8 Å². The van der Waals surface area contributed by atoms with Gasteiger partial charge in [0.05, 0.1) is 6.54 Å². The Morgan fingerprint density at radius 3 is 2.25 bits per heavy atom. The van der Waals surface area contributed by atoms with Crippen molar-refractivity contribution >= 4 is 17.5 Å². The van der Waals surface area contributed by atoms with Gasteiger partial charge in [-0.3, -0.25) is 9.59 Å². The first-order valence-corrected chi connectivity index (χ1v) is 11.6. The number of piperazine rings is 1. The van der Waals surface area contributed by atoms with Crippen LogP contribution < -0.4 is 4.90 Å². The van der Waals surface area contributed by atoms with Crippen LogP contribution in [0.4, 0.5) is 5.69 Å². The zero-order chi connectivity index (χ0) is 22.8. The lowest BCUT2D eigenvalue weighted by atomic mass is 10.1. The molecule has 168 valence electrons. The van der Waals surface area contributed by atoms with E-state index in [9.17, 15) is 9.59 Å². The Labute approximate surface area is 192 Å². The van der Waals surface area contributed by atoms with Crippen molar-refractivity contribution in [1.82, 2.24) is 9.80 Å². The third kappa shape index (κ3) is 6.45. The van der Waals surface area contributed by atoms with Gasteiger partial charge in [0, 0.05) is 49.4 Å². The van der Waals surface area contributed by atoms with E-state index in [1.165, 1.54) is 0 Å². The van der Waals surface area contributed by atoms with Crippen LogP contribution in [0.25, 0.3) is 0 Å². The number of unbranched alkanes of at least 4 members (excludes halogenated alkanes) is 1. The second kappa shape index (κ2) is 12.1. The van der Waals surface area contributed by atoms with Crippen molar-refractivity contribution in [3.8, 4) is 11.8 Å². The summed E-state index contributed by atoms with van der Waals surface area (Å²) in [6.07, 6.45) is 2.38. The van der Waals surface area contributed by atoms with E-state index in [1.807, 2.05) is 59.5 Å². The number of hydrogen-bond donors (Lipinski definition) is 0. The van der Waals surface area contributed by atoms with Crippen molar-refractivity contribution in [3.05, 3.63) is 65.7 Å². The SMILES string of the molecule is CCCCC(=O)N(CC#Cc1ccc(C(=O)N2CCN(CC)CC2)cc1)c1ccccc1. The van der Waals surface area contributed by atoms with E-state index < -0.39 is 0 Å². The standard InChI is InChI=1S/C27H33N3O2/c1-3-5-13-26(31)30(25-11-7-6-8-12-25)18-9-10-23-14-16-24(17-15-23)27(32)29-21-19-28(4-2)20-22-29/h6-8,11-12,14-17H,3-5,13,18-22H2,1-2H3. The zero-order valence-corrected chi connectivity index (χ0v) is 19.2. The Balaban J connectivity index is 1.62. The molecule has 2 aromatic carbocycles. The van der Waals surface area contributed by atoms with E-state index in [0.29, 0.717) is 18.5 Å². The maximum atomic E-state index is 12.8. The number of nitrogens with zero attached hydrogens (tertiary/aromatic N) is 3. The van der Waals surface area contributed by atoms with E-state index in [2.05, 4.69) is 30.6 Å². The number of amides is 2. The normalized spacial score (nSPS) is 13.9. The fourth-order valence-electron chi connectivity index (χ4n) is 3.76. The van der Waals surface area contributed by atoms with Gasteiger partial charge in [-0.1, -0.05) is 50.3 Å². The van der Waals surface area contributed by atoms with Gasteiger partial charge in [-0.25, -0.2) is 0 Å². The van der Waals surface area contributed by atoms with Crippen LogP contribution in [0.5, 0.6) is 0 Å². The number of hydrogen-bond acceptors (Lipinski definition) is 3. The first-order chi connectivity index (χ1) is 15.6. The summed E-state index contributed by atoms with van der Waals surface area (Å²) >= 11 is 0. The molecule has 0 radical (unpaired) electrons. The molecule has 5 heteroatoms. The third-order valence-electron chi connectivity index (χ3n) is 5.82. The van der Waals surface area contributed by atoms with Crippen LogP contribution in [0.3, 0.4) is 0 Å². The number of carbonyl (C=O) groups excluding carboxylic acids is 2. The molecule has 0 unspecified atom stereocenters. The van der Waals surface area contributed by atoms with Crippen LogP contribution in [0.2, 0.25) is 0 Å². The smallest absolute Gasteiger partial charge is 0.253 e. The second-order valence-corrected chi connectivity index (χ2v) is 8.02. The summed E-state index contributed by atoms with van der Waals surface area (Å²) in [4.78, 5) is 31.4. The van der Waals surface area contributed by atoms with Gasteiger partial charge in [0.25, 0.3) is 5.91 Å². The molecular weight excluding hydrogens is 398 g/mol. The highest BCUT2D eigenvalue weighted by molar-refractivity contribution is 5.94. The average molecular weight is 432 g/mol. The largest absolute Gasteiger partial charge is 0.336 e. The van der Waals surface area contributed by atoms with Gasteiger partial charge in [-0.15, -0.1) is 0 Å². The maximum absolute atomic E-state index is 12.8. The number of rotatable bonds is 7. The Morgan fingerprint density at radius 2 is 1.62 bits per heavy atom. The molecule has 0 aliphatic carbocycles. The minimum absolute atomic E-state index is 0.0806. The molecule has 0 atom stereocenters. The monoisotopic (exact) mass is 431 g/mol. The molecule has 0 saturated carbocycles. The zero-order valence-electron chi connectivity index (χ0n) is 19.2. The molecule has 0 aromatic heterocycles. The minimum atomic E-state index is 0.0806. The molecule has 0 spiro atoms. The molecule has 0 bridgehead atoms. The van der Waals surface area contributed by atoms with Gasteiger partial charge in [0.2, 0.25) is 5.91 Å². The molecule has 32 heavy (non-hydrogen) atoms. The van der Waals surface area contributed by atoms with Crippen molar-refractivity contribution < 1.29 is 9.59 Å². The lowest BCUT2D eigenvalue weighted by Crippen LogP contribution is -2.48. The number of likely N-dealkylation sites (N-methyl/N-ethyl adjacent to an activating group) is 1. The number of carbonyl (C=O) groups is 2. The van der Waals surface area contributed by atoms with Crippen molar-refractivity contribution in [2.24, 2.45) is 0 Å². The second-order valence-electron chi connectivity index (χ2n) is 8.02. The number of benzene rings is 2. The highest BCUT2D eigenvalue weighted by Crippen LogP contribution is 2.15. The van der Waals surface area contributed by atoms with E-state index in [-0.39, 0.29) is 11.8 Å². The quantitative estimate of drug-likeness (QED) is 0.622. The van der Waals surface area contributed by atoms with Crippen LogP contribution in [0.15, 0.2) is 54.6 Å². The lowest BCUT2D eigenvalue weighted by Gasteiger charge is -2.34. The van der Waals surface area contributed by atoms with E-state index in [4.69, 9.17) is 0 Å². The molecule has 1 heterocycles. The first-order valence-electron chi connectivity index (χ1n) is 11.6. The Kier molecular flexibility index (Phi) is 8.89. The van der Waals surface area contributed by atoms with Crippen LogP contribution in [-0.4, -0.2) is 60.9 Å². The molecule has 5 nitrogen and oxygen atoms in total. The van der Waals surface area contributed by atoms with Crippen LogP contribution in [0, 0.1) is 11.8 Å². The molecule has 1 fully saturated rings. The lowest BCUT2D eigenvalue weighted by molar-refractivity contribution is -0.118. The molecule has 1 aliphatic heterocycles. The summed E-state index contributed by atoms with van der Waals surface area (Å²) in [7, 11) is 0. The number of anilines is 1. The molecule has 3 rings (SSSR count). The third-order valence-corrected chi connectivity index (χ3v) is 5.82. The summed E-state index contributed by atoms with van der Waals surface area (Å²) in [5, 5.41) is 0. The van der Waals surface area contributed by atoms with Crippen molar-refractivity contribution in [3.63, 3.8) is 0 Å². The fraction of sp³-hybridized carbons (Fsp3) is 0.407. The van der Waals surface area contributed by atoms with Gasteiger partial charge >= 0.3 is 0 Å². The topological polar surface area (TPSA) is 43.9 Å². The maximum Gasteiger partial charge on any atom is 0.253 e. The molecule has 1 aliphatic rings. The van der Waals surface area contributed by atoms with Gasteiger partial charge in [0.1, 0.15) is 0 Å². The minimum Gasteiger partial charge on any atom is -0.336 e. The molecule has 2 aromatic rings. The van der Waals surface area contributed by atoms with Crippen molar-refractivity contribution in [2.45, 2.75) is 33.1 Å². The summed E-state index contributed by atoms with van der Waals surface area (Å²) < 4.78 is 0. The van der Waals surface area contributed by atoms with Gasteiger partial charge in [0.15, 0.2) is 0 Å². The Hall–Kier alpha value is -3.10. The van der Waals surface area contributed by atoms with Crippen molar-refractivity contribution in [2.75, 3.05) is 44.2 Å². The summed E-state index contributed by atoms with van der Waals surface area (Å²) in [5.74, 6) is 6.45. The Morgan fingerprint density at radius 1 is 0.938 bits per heavy atom. The van der Waals surface area contributed by atoms with Gasteiger partial charge < -0.3 is 14.7 Å². The summed E-state index contributed by atoms with van der Waals surface area (Å²) in [6, 6.07) is 17.1. The average Bonchev–Trinajstić information content (AvgIpc) is 2.85. The summed E-state index contributed by atoms with van der Waals surface area (Å²) in [6.45, 7) is 9.01. The molecule has 2 amide bonds. The molecular formula is C27H33N3O2. The predicted octanol–water partition coefficient (Wildman–Crippen LogP) is 4.04. The van der Waals surface area contributed by atoms with E-state index >= 15 is 0 Å². The number of para-hydroxylation sites is 1. The Bertz CT molecular complexity index is 936. The fourth-order valence-corrected chi connectivity index (χ4v) is 3.76.